The number of methoxy groups -OCH3 is 1. The Balaban J connectivity index is 1.66. The molecule has 1 amide bonds. The van der Waals surface area contributed by atoms with Gasteiger partial charge in [-0.05, 0) is 43.9 Å². The molecule has 0 saturated carbocycles. The Labute approximate surface area is 202 Å². The second kappa shape index (κ2) is 11.6. The Morgan fingerprint density at radius 2 is 1.94 bits per heavy atom. The quantitative estimate of drug-likeness (QED) is 0.579. The Bertz CT molecular complexity index is 1010. The molecule has 1 aromatic heterocycles. The average Bonchev–Trinajstić information content (AvgIpc) is 3.06. The van der Waals surface area contributed by atoms with Gasteiger partial charge < -0.3 is 19.7 Å². The van der Waals surface area contributed by atoms with E-state index in [9.17, 15) is 9.90 Å². The van der Waals surface area contributed by atoms with Gasteiger partial charge in [0.05, 0.1) is 6.04 Å². The number of carbonyl (C=O) groups excluding carboxylic acids is 1. The van der Waals surface area contributed by atoms with Crippen LogP contribution in [-0.4, -0.2) is 63.1 Å². The third kappa shape index (κ3) is 7.66. The van der Waals surface area contributed by atoms with Crippen LogP contribution in [0.2, 0.25) is 0 Å². The van der Waals surface area contributed by atoms with Crippen molar-refractivity contribution in [1.82, 2.24) is 25.0 Å². The minimum atomic E-state index is -0.996. The Morgan fingerprint density at radius 3 is 2.59 bits per heavy atom. The van der Waals surface area contributed by atoms with E-state index in [1.807, 2.05) is 12.1 Å². The van der Waals surface area contributed by atoms with E-state index in [0.717, 1.165) is 56.2 Å². The lowest BCUT2D eigenvalue weighted by molar-refractivity contribution is -0.125. The molecule has 8 nitrogen and oxygen atoms in total. The number of amides is 1. The molecule has 0 saturated heterocycles. The summed E-state index contributed by atoms with van der Waals surface area (Å²) in [6, 6.07) is 7.99. The molecule has 1 aliphatic rings. The minimum absolute atomic E-state index is 0.0332. The molecule has 0 radical (unpaired) electrons. The number of nitrogens with zero attached hydrogens (tertiary/aromatic N) is 4. The van der Waals surface area contributed by atoms with Crippen LogP contribution in [0.5, 0.6) is 0 Å². The second-order valence-corrected chi connectivity index (χ2v) is 9.84. The largest absolute Gasteiger partial charge is 0.378 e. The number of fused-ring (bicyclic) bond motifs is 1. The molecule has 0 aliphatic carbocycles. The smallest absolute Gasteiger partial charge is 0.246 e. The van der Waals surface area contributed by atoms with E-state index in [2.05, 4.69) is 62.8 Å². The van der Waals surface area contributed by atoms with Crippen molar-refractivity contribution in [3.8, 4) is 11.8 Å². The molecule has 184 valence electrons. The van der Waals surface area contributed by atoms with Gasteiger partial charge in [-0.3, -0.25) is 9.69 Å². The molecular weight excluding hydrogens is 430 g/mol. The fourth-order valence-corrected chi connectivity index (χ4v) is 4.05. The van der Waals surface area contributed by atoms with Crippen LogP contribution in [0.15, 0.2) is 24.3 Å². The molecule has 1 atom stereocenters. The van der Waals surface area contributed by atoms with Gasteiger partial charge in [-0.15, -0.1) is 10.2 Å². The molecule has 34 heavy (non-hydrogen) atoms. The molecule has 1 unspecified atom stereocenters. The lowest BCUT2D eigenvalue weighted by atomic mass is 10.0. The first-order valence-electron chi connectivity index (χ1n) is 11.9. The zero-order valence-electron chi connectivity index (χ0n) is 21.0. The third-order valence-electron chi connectivity index (χ3n) is 5.65. The standard InChI is InChI=1S/C26H37N5O3/c1-19(2)16-22(27-24(32)18-34-5)25-29-28-23-11-13-30(14-15-31(23)25)17-21-8-6-20(7-9-21)10-12-26(3,4)33/h6-9,19,22,33H,11,13-18H2,1-5H3,(H,27,32). The summed E-state index contributed by atoms with van der Waals surface area (Å²) in [5.74, 6) is 7.91. The van der Waals surface area contributed by atoms with E-state index in [-0.39, 0.29) is 18.6 Å². The lowest BCUT2D eigenvalue weighted by Crippen LogP contribution is -2.34. The highest BCUT2D eigenvalue weighted by Gasteiger charge is 2.26. The molecular formula is C26H37N5O3. The van der Waals surface area contributed by atoms with E-state index in [4.69, 9.17) is 4.74 Å². The first kappa shape index (κ1) is 25.9. The Kier molecular flexibility index (Phi) is 8.84. The van der Waals surface area contributed by atoms with E-state index in [1.54, 1.807) is 13.8 Å². The summed E-state index contributed by atoms with van der Waals surface area (Å²) in [4.78, 5) is 14.6. The number of nitrogens with one attached hydrogen (secondary N) is 1. The first-order valence-corrected chi connectivity index (χ1v) is 11.9. The number of aromatic nitrogens is 3. The van der Waals surface area contributed by atoms with Crippen molar-refractivity contribution in [2.24, 2.45) is 5.92 Å². The summed E-state index contributed by atoms with van der Waals surface area (Å²) >= 11 is 0. The van der Waals surface area contributed by atoms with Gasteiger partial charge in [0, 0.05) is 45.3 Å². The summed E-state index contributed by atoms with van der Waals surface area (Å²) in [6.45, 7) is 11.1. The minimum Gasteiger partial charge on any atom is -0.378 e. The van der Waals surface area contributed by atoms with Crippen LogP contribution < -0.4 is 5.32 Å². The van der Waals surface area contributed by atoms with Gasteiger partial charge in [-0.25, -0.2) is 0 Å². The van der Waals surface area contributed by atoms with Crippen molar-refractivity contribution < 1.29 is 14.6 Å². The zero-order valence-corrected chi connectivity index (χ0v) is 21.0. The molecule has 1 aromatic carbocycles. The molecule has 8 heteroatoms. The SMILES string of the molecule is COCC(=O)NC(CC(C)C)c1nnc2n1CCN(Cc1ccc(C#CC(C)(C)O)cc1)CC2. The Morgan fingerprint density at radius 1 is 1.21 bits per heavy atom. The van der Waals surface area contributed by atoms with Crippen molar-refractivity contribution >= 4 is 5.91 Å². The van der Waals surface area contributed by atoms with Crippen molar-refractivity contribution in [2.45, 2.75) is 65.3 Å². The van der Waals surface area contributed by atoms with Crippen molar-refractivity contribution in [2.75, 3.05) is 26.8 Å². The Hall–Kier alpha value is -2.73. The van der Waals surface area contributed by atoms with Gasteiger partial charge in [0.25, 0.3) is 0 Å². The highest BCUT2D eigenvalue weighted by molar-refractivity contribution is 5.77. The van der Waals surface area contributed by atoms with E-state index < -0.39 is 5.60 Å². The molecule has 1 aliphatic heterocycles. The second-order valence-electron chi connectivity index (χ2n) is 9.84. The predicted octanol–water partition coefficient (Wildman–Crippen LogP) is 2.31. The van der Waals surface area contributed by atoms with Gasteiger partial charge in [-0.1, -0.05) is 37.8 Å². The number of rotatable bonds is 8. The molecule has 0 bridgehead atoms. The molecule has 2 aromatic rings. The molecule has 0 fully saturated rings. The van der Waals surface area contributed by atoms with Crippen LogP contribution in [0.25, 0.3) is 0 Å². The average molecular weight is 468 g/mol. The zero-order chi connectivity index (χ0) is 24.7. The van der Waals surface area contributed by atoms with E-state index in [0.29, 0.717) is 5.92 Å². The van der Waals surface area contributed by atoms with Gasteiger partial charge in [0.1, 0.15) is 18.0 Å². The van der Waals surface area contributed by atoms with Crippen molar-refractivity contribution in [1.29, 1.82) is 0 Å². The number of hydrogen-bond acceptors (Lipinski definition) is 6. The number of hydrogen-bond donors (Lipinski definition) is 2. The van der Waals surface area contributed by atoms with Gasteiger partial charge in [0.2, 0.25) is 5.91 Å². The maximum absolute atomic E-state index is 12.2. The van der Waals surface area contributed by atoms with E-state index in [1.165, 1.54) is 12.7 Å². The molecule has 2 heterocycles. The molecule has 0 spiro atoms. The van der Waals surface area contributed by atoms with Crippen molar-refractivity contribution in [3.63, 3.8) is 0 Å². The third-order valence-corrected chi connectivity index (χ3v) is 5.65. The summed E-state index contributed by atoms with van der Waals surface area (Å²) < 4.78 is 7.16. The van der Waals surface area contributed by atoms with E-state index >= 15 is 0 Å². The molecule has 3 rings (SSSR count). The van der Waals surface area contributed by atoms with Crippen LogP contribution in [0.1, 0.15) is 62.9 Å². The topological polar surface area (TPSA) is 92.5 Å². The number of ether oxygens (including phenoxy) is 1. The fourth-order valence-electron chi connectivity index (χ4n) is 4.05. The maximum atomic E-state index is 12.2. The van der Waals surface area contributed by atoms with Crippen LogP contribution in [0, 0.1) is 17.8 Å². The fraction of sp³-hybridized carbons (Fsp3) is 0.577. The van der Waals surface area contributed by atoms with Crippen molar-refractivity contribution in [3.05, 3.63) is 47.0 Å². The van der Waals surface area contributed by atoms with Gasteiger partial charge in [-0.2, -0.15) is 0 Å². The van der Waals surface area contributed by atoms with Gasteiger partial charge >= 0.3 is 0 Å². The number of aliphatic hydroxyl groups is 1. The predicted molar refractivity (Wildman–Crippen MR) is 131 cm³/mol. The highest BCUT2D eigenvalue weighted by Crippen LogP contribution is 2.22. The summed E-state index contributed by atoms with van der Waals surface area (Å²) in [7, 11) is 1.52. The maximum Gasteiger partial charge on any atom is 0.246 e. The normalized spacial score (nSPS) is 15.3. The summed E-state index contributed by atoms with van der Waals surface area (Å²) in [5.41, 5.74) is 1.12. The molecule has 2 N–H and O–H groups in total. The monoisotopic (exact) mass is 467 g/mol. The van der Waals surface area contributed by atoms with Gasteiger partial charge in [0.15, 0.2) is 5.82 Å². The van der Waals surface area contributed by atoms with Crippen LogP contribution in [0.3, 0.4) is 0 Å². The van der Waals surface area contributed by atoms with Crippen LogP contribution >= 0.6 is 0 Å². The summed E-state index contributed by atoms with van der Waals surface area (Å²) in [5, 5.41) is 21.8. The highest BCUT2D eigenvalue weighted by atomic mass is 16.5. The van der Waals surface area contributed by atoms with Crippen LogP contribution in [-0.2, 0) is 29.0 Å². The number of carbonyl (C=O) groups is 1. The lowest BCUT2D eigenvalue weighted by Gasteiger charge is -2.22. The van der Waals surface area contributed by atoms with Crippen LogP contribution in [0.4, 0.5) is 0 Å². The summed E-state index contributed by atoms with van der Waals surface area (Å²) in [6.07, 6.45) is 1.60. The first-order chi connectivity index (χ1) is 16.1. The number of benzene rings is 1.